The van der Waals surface area contributed by atoms with E-state index in [0.717, 1.165) is 31.5 Å². The van der Waals surface area contributed by atoms with Gasteiger partial charge in [-0.25, -0.2) is 9.37 Å². The van der Waals surface area contributed by atoms with Crippen LogP contribution in [-0.4, -0.2) is 51.6 Å². The highest BCUT2D eigenvalue weighted by atomic mass is 19.1. The van der Waals surface area contributed by atoms with Crippen LogP contribution in [0, 0.1) is 17.1 Å². The number of fused-ring (bicyclic) bond motifs is 1. The minimum absolute atomic E-state index is 0.0113. The van der Waals surface area contributed by atoms with Gasteiger partial charge in [0.1, 0.15) is 23.7 Å². The average Bonchev–Trinajstić information content (AvgIpc) is 3.15. The zero-order valence-corrected chi connectivity index (χ0v) is 19.1. The van der Waals surface area contributed by atoms with Gasteiger partial charge < -0.3 is 10.6 Å². The standard InChI is InChI=1S/C25H25FN6O3/c26-20-9-19-16(13-32(25(19)35)21-1-2-22(33)30-24(21)34)8-18(20)15-3-5-31(6-4-15)12-17-7-14(10-27)11-29-23(17)28/h7-9,11,15,21H,1-6,12-13H2,(H2,28,29)(H,30,33,34). The number of nitriles is 1. The molecule has 2 aromatic rings. The summed E-state index contributed by atoms with van der Waals surface area (Å²) in [5, 5.41) is 11.4. The van der Waals surface area contributed by atoms with Crippen LogP contribution in [0.25, 0.3) is 0 Å². The summed E-state index contributed by atoms with van der Waals surface area (Å²) < 4.78 is 15.1. The van der Waals surface area contributed by atoms with Gasteiger partial charge in [-0.15, -0.1) is 0 Å². The molecule has 0 spiro atoms. The topological polar surface area (TPSA) is 132 Å². The first kappa shape index (κ1) is 22.9. The smallest absolute Gasteiger partial charge is 0.255 e. The number of pyridine rings is 1. The normalized spacial score (nSPS) is 21.1. The lowest BCUT2D eigenvalue weighted by Crippen LogP contribution is -2.52. The summed E-state index contributed by atoms with van der Waals surface area (Å²) in [5.74, 6) is -1.19. The molecule has 1 aromatic carbocycles. The highest BCUT2D eigenvalue weighted by Crippen LogP contribution is 2.35. The van der Waals surface area contributed by atoms with E-state index in [2.05, 4.69) is 21.3 Å². The molecule has 3 amide bonds. The van der Waals surface area contributed by atoms with Crippen LogP contribution < -0.4 is 11.1 Å². The number of nitrogens with zero attached hydrogens (tertiary/aromatic N) is 4. The number of halogens is 1. The SMILES string of the molecule is N#Cc1cnc(N)c(CN2CCC(c3cc4c(cc3F)C(=O)N(C3CCC(=O)NC3=O)C4)CC2)c1. The number of anilines is 1. The molecule has 10 heteroatoms. The molecule has 180 valence electrons. The zero-order chi connectivity index (χ0) is 24.7. The van der Waals surface area contributed by atoms with Crippen LogP contribution in [0.5, 0.6) is 0 Å². The van der Waals surface area contributed by atoms with Crippen molar-refractivity contribution in [2.75, 3.05) is 18.8 Å². The predicted octanol–water partition coefficient (Wildman–Crippen LogP) is 1.82. The van der Waals surface area contributed by atoms with E-state index in [9.17, 15) is 14.4 Å². The van der Waals surface area contributed by atoms with E-state index < -0.39 is 17.8 Å². The highest BCUT2D eigenvalue weighted by Gasteiger charge is 2.40. The van der Waals surface area contributed by atoms with Gasteiger partial charge in [0.05, 0.1) is 5.56 Å². The number of hydrogen-bond acceptors (Lipinski definition) is 7. The molecule has 1 atom stereocenters. The number of piperidine rings is 2. The van der Waals surface area contributed by atoms with Crippen molar-refractivity contribution in [1.82, 2.24) is 20.1 Å². The maximum atomic E-state index is 15.1. The zero-order valence-electron chi connectivity index (χ0n) is 19.1. The molecule has 35 heavy (non-hydrogen) atoms. The van der Waals surface area contributed by atoms with Crippen molar-refractivity contribution in [3.8, 4) is 6.07 Å². The van der Waals surface area contributed by atoms with Gasteiger partial charge in [0.25, 0.3) is 5.91 Å². The molecule has 3 N–H and O–H groups in total. The van der Waals surface area contributed by atoms with Gasteiger partial charge in [-0.05, 0) is 61.5 Å². The fraction of sp³-hybridized carbons (Fsp3) is 0.400. The fourth-order valence-corrected chi connectivity index (χ4v) is 5.27. The number of nitrogens with one attached hydrogen (secondary N) is 1. The minimum atomic E-state index is -0.719. The molecule has 0 bridgehead atoms. The monoisotopic (exact) mass is 476 g/mol. The Bertz CT molecular complexity index is 1260. The number of nitrogen functional groups attached to an aromatic ring is 1. The van der Waals surface area contributed by atoms with Crippen LogP contribution in [0.15, 0.2) is 24.4 Å². The molecular weight excluding hydrogens is 451 g/mol. The molecule has 1 aromatic heterocycles. The number of hydrogen-bond donors (Lipinski definition) is 2. The first-order chi connectivity index (χ1) is 16.8. The number of aromatic nitrogens is 1. The van der Waals surface area contributed by atoms with Gasteiger partial charge in [0.2, 0.25) is 11.8 Å². The summed E-state index contributed by atoms with van der Waals surface area (Å²) in [6.45, 7) is 2.27. The Labute approximate surface area is 201 Å². The predicted molar refractivity (Wildman–Crippen MR) is 123 cm³/mol. The molecule has 9 nitrogen and oxygen atoms in total. The van der Waals surface area contributed by atoms with Crippen molar-refractivity contribution >= 4 is 23.5 Å². The summed E-state index contributed by atoms with van der Waals surface area (Å²) >= 11 is 0. The summed E-state index contributed by atoms with van der Waals surface area (Å²) in [7, 11) is 0. The molecule has 5 rings (SSSR count). The van der Waals surface area contributed by atoms with Crippen LogP contribution >= 0.6 is 0 Å². The van der Waals surface area contributed by atoms with E-state index in [0.29, 0.717) is 29.1 Å². The maximum Gasteiger partial charge on any atom is 0.255 e. The third-order valence-corrected chi connectivity index (χ3v) is 7.19. The van der Waals surface area contributed by atoms with Crippen LogP contribution in [0.4, 0.5) is 10.2 Å². The van der Waals surface area contributed by atoms with E-state index in [-0.39, 0.29) is 42.7 Å². The molecule has 4 heterocycles. The summed E-state index contributed by atoms with van der Waals surface area (Å²) in [6.07, 6.45) is 3.39. The number of carbonyl (C=O) groups excluding carboxylic acids is 3. The third kappa shape index (κ3) is 4.35. The lowest BCUT2D eigenvalue weighted by molar-refractivity contribution is -0.136. The Balaban J connectivity index is 1.27. The average molecular weight is 477 g/mol. The first-order valence-corrected chi connectivity index (χ1v) is 11.7. The Morgan fingerprint density at radius 3 is 2.66 bits per heavy atom. The number of carbonyl (C=O) groups is 3. The van der Waals surface area contributed by atoms with Gasteiger partial charge in [0.15, 0.2) is 0 Å². The molecule has 0 aliphatic carbocycles. The van der Waals surface area contributed by atoms with Crippen LogP contribution in [0.2, 0.25) is 0 Å². The van der Waals surface area contributed by atoms with Crippen LogP contribution in [-0.2, 0) is 22.7 Å². The lowest BCUT2D eigenvalue weighted by Gasteiger charge is -2.32. The molecule has 0 saturated carbocycles. The molecule has 2 fully saturated rings. The summed E-state index contributed by atoms with van der Waals surface area (Å²) in [4.78, 5) is 44.4. The number of likely N-dealkylation sites (tertiary alicyclic amines) is 1. The second-order valence-corrected chi connectivity index (χ2v) is 9.36. The molecular formula is C25H25FN6O3. The van der Waals surface area contributed by atoms with Crippen molar-refractivity contribution in [1.29, 1.82) is 5.26 Å². The Morgan fingerprint density at radius 1 is 1.17 bits per heavy atom. The second kappa shape index (κ2) is 9.07. The van der Waals surface area contributed by atoms with Crippen molar-refractivity contribution in [3.63, 3.8) is 0 Å². The van der Waals surface area contributed by atoms with E-state index in [4.69, 9.17) is 11.0 Å². The quantitative estimate of drug-likeness (QED) is 0.643. The number of imide groups is 1. The third-order valence-electron chi connectivity index (χ3n) is 7.19. The second-order valence-electron chi connectivity index (χ2n) is 9.36. The van der Waals surface area contributed by atoms with E-state index >= 15 is 4.39 Å². The number of nitrogens with two attached hydrogens (primary N) is 1. The van der Waals surface area contributed by atoms with Gasteiger partial charge in [-0.3, -0.25) is 24.6 Å². The first-order valence-electron chi connectivity index (χ1n) is 11.7. The number of benzene rings is 1. The number of rotatable bonds is 4. The Morgan fingerprint density at radius 2 is 1.94 bits per heavy atom. The Kier molecular flexibility index (Phi) is 5.94. The molecule has 3 aliphatic heterocycles. The Hall–Kier alpha value is -3.84. The maximum absolute atomic E-state index is 15.1. The van der Waals surface area contributed by atoms with E-state index in [1.807, 2.05) is 0 Å². The van der Waals surface area contributed by atoms with Gasteiger partial charge in [0, 0.05) is 36.8 Å². The van der Waals surface area contributed by atoms with E-state index in [1.54, 1.807) is 12.1 Å². The van der Waals surface area contributed by atoms with Crippen LogP contribution in [0.3, 0.4) is 0 Å². The summed E-state index contributed by atoms with van der Waals surface area (Å²) in [5.41, 5.74) is 8.83. The molecule has 0 radical (unpaired) electrons. The molecule has 2 saturated heterocycles. The van der Waals surface area contributed by atoms with Gasteiger partial charge in [-0.2, -0.15) is 5.26 Å². The van der Waals surface area contributed by atoms with Crippen molar-refractivity contribution < 1.29 is 18.8 Å². The van der Waals surface area contributed by atoms with E-state index in [1.165, 1.54) is 17.2 Å². The fourth-order valence-electron chi connectivity index (χ4n) is 5.27. The van der Waals surface area contributed by atoms with Crippen molar-refractivity contribution in [3.05, 3.63) is 58.0 Å². The molecule has 1 unspecified atom stereocenters. The van der Waals surface area contributed by atoms with Gasteiger partial charge in [-0.1, -0.05) is 6.07 Å². The lowest BCUT2D eigenvalue weighted by atomic mass is 9.87. The van der Waals surface area contributed by atoms with Crippen LogP contribution in [0.1, 0.15) is 64.2 Å². The molecule has 3 aliphatic rings. The van der Waals surface area contributed by atoms with Crippen molar-refractivity contribution in [2.24, 2.45) is 0 Å². The largest absolute Gasteiger partial charge is 0.383 e. The minimum Gasteiger partial charge on any atom is -0.383 e. The van der Waals surface area contributed by atoms with Crippen molar-refractivity contribution in [2.45, 2.75) is 50.7 Å². The summed E-state index contributed by atoms with van der Waals surface area (Å²) in [6, 6.07) is 6.17. The van der Waals surface area contributed by atoms with Gasteiger partial charge >= 0.3 is 0 Å². The highest BCUT2D eigenvalue weighted by molar-refractivity contribution is 6.05. The number of amides is 3.